The van der Waals surface area contributed by atoms with Crippen LogP contribution >= 0.6 is 39.1 Å². The SMILES string of the molecule is Nc1cc(F)c(Br)cc1S(=O)(=O)Nc1ccc(Cl)c(Cl)c1. The second kappa shape index (κ2) is 6.00. The zero-order chi connectivity index (χ0) is 15.8. The summed E-state index contributed by atoms with van der Waals surface area (Å²) in [5.74, 6) is -0.652. The summed E-state index contributed by atoms with van der Waals surface area (Å²) in [5.41, 5.74) is 5.56. The first-order valence-electron chi connectivity index (χ1n) is 5.43. The van der Waals surface area contributed by atoms with Crippen molar-refractivity contribution in [3.63, 3.8) is 0 Å². The number of halogens is 4. The van der Waals surface area contributed by atoms with Crippen molar-refractivity contribution >= 4 is 60.5 Å². The van der Waals surface area contributed by atoms with Gasteiger partial charge in [0, 0.05) is 0 Å². The first kappa shape index (κ1) is 16.4. The molecule has 2 rings (SSSR count). The Labute approximate surface area is 139 Å². The minimum Gasteiger partial charge on any atom is -0.398 e. The third kappa shape index (κ3) is 3.60. The number of sulfonamides is 1. The maximum absolute atomic E-state index is 13.3. The summed E-state index contributed by atoms with van der Waals surface area (Å²) in [6.07, 6.45) is 0. The molecule has 0 saturated heterocycles. The van der Waals surface area contributed by atoms with Gasteiger partial charge < -0.3 is 5.73 Å². The molecule has 0 radical (unpaired) electrons. The summed E-state index contributed by atoms with van der Waals surface area (Å²) in [5, 5.41) is 0.494. The van der Waals surface area contributed by atoms with Gasteiger partial charge in [-0.3, -0.25) is 4.72 Å². The number of anilines is 2. The molecule has 0 amide bonds. The van der Waals surface area contributed by atoms with Crippen LogP contribution in [-0.4, -0.2) is 8.42 Å². The molecule has 4 nitrogen and oxygen atoms in total. The minimum absolute atomic E-state index is 0.00814. The van der Waals surface area contributed by atoms with Crippen LogP contribution in [0.2, 0.25) is 10.0 Å². The highest BCUT2D eigenvalue weighted by molar-refractivity contribution is 9.10. The van der Waals surface area contributed by atoms with E-state index in [4.69, 9.17) is 28.9 Å². The molecule has 0 bridgehead atoms. The average molecular weight is 414 g/mol. The van der Waals surface area contributed by atoms with Crippen molar-refractivity contribution in [2.45, 2.75) is 4.90 Å². The molecular formula is C12H8BrCl2FN2O2S. The number of hydrogen-bond donors (Lipinski definition) is 2. The quantitative estimate of drug-likeness (QED) is 0.737. The first-order valence-corrected chi connectivity index (χ1v) is 8.46. The number of nitrogens with two attached hydrogens (primary N) is 1. The van der Waals surface area contributed by atoms with Crippen LogP contribution in [0, 0.1) is 5.82 Å². The summed E-state index contributed by atoms with van der Waals surface area (Å²) in [6, 6.07) is 6.26. The summed E-state index contributed by atoms with van der Waals surface area (Å²) < 4.78 is 40.1. The molecule has 0 fully saturated rings. The summed E-state index contributed by atoms with van der Waals surface area (Å²) in [6.45, 7) is 0. The van der Waals surface area contributed by atoms with Crippen molar-refractivity contribution in [2.24, 2.45) is 0 Å². The second-order valence-electron chi connectivity index (χ2n) is 4.04. The summed E-state index contributed by atoms with van der Waals surface area (Å²) in [7, 11) is -3.99. The number of nitrogens with one attached hydrogen (secondary N) is 1. The van der Waals surface area contributed by atoms with Gasteiger partial charge in [-0.25, -0.2) is 12.8 Å². The molecule has 21 heavy (non-hydrogen) atoms. The van der Waals surface area contributed by atoms with Crippen molar-refractivity contribution in [2.75, 3.05) is 10.5 Å². The molecule has 0 aromatic heterocycles. The molecular weight excluding hydrogens is 406 g/mol. The summed E-state index contributed by atoms with van der Waals surface area (Å²) >= 11 is 14.5. The maximum atomic E-state index is 13.3. The van der Waals surface area contributed by atoms with E-state index in [2.05, 4.69) is 20.7 Å². The van der Waals surface area contributed by atoms with Crippen LogP contribution < -0.4 is 10.5 Å². The average Bonchev–Trinajstić information content (AvgIpc) is 2.37. The van der Waals surface area contributed by atoms with E-state index < -0.39 is 15.8 Å². The molecule has 9 heteroatoms. The predicted octanol–water partition coefficient (Wildman–Crippen LogP) is 4.28. The van der Waals surface area contributed by atoms with E-state index in [0.29, 0.717) is 5.02 Å². The first-order chi connectivity index (χ1) is 9.70. The molecule has 3 N–H and O–H groups in total. The van der Waals surface area contributed by atoms with Gasteiger partial charge in [0.2, 0.25) is 0 Å². The zero-order valence-corrected chi connectivity index (χ0v) is 14.1. The van der Waals surface area contributed by atoms with Crippen molar-refractivity contribution in [3.05, 3.63) is 50.7 Å². The molecule has 0 aliphatic rings. The normalized spacial score (nSPS) is 11.4. The standard InChI is InChI=1S/C12H8BrCl2FN2O2S/c13-7-4-12(11(17)5-10(7)16)21(19,20)18-6-1-2-8(14)9(15)3-6/h1-5,18H,17H2. The Kier molecular flexibility index (Phi) is 4.67. The van der Waals surface area contributed by atoms with E-state index in [1.54, 1.807) is 0 Å². The van der Waals surface area contributed by atoms with Crippen molar-refractivity contribution < 1.29 is 12.8 Å². The van der Waals surface area contributed by atoms with Crippen LogP contribution in [0.4, 0.5) is 15.8 Å². The van der Waals surface area contributed by atoms with Crippen LogP contribution in [0.25, 0.3) is 0 Å². The molecule has 0 unspecified atom stereocenters. The van der Waals surface area contributed by atoms with E-state index in [-0.39, 0.29) is 25.8 Å². The van der Waals surface area contributed by atoms with Gasteiger partial charge in [-0.1, -0.05) is 23.2 Å². The van der Waals surface area contributed by atoms with Crippen LogP contribution in [0.3, 0.4) is 0 Å². The summed E-state index contributed by atoms with van der Waals surface area (Å²) in [4.78, 5) is -0.248. The van der Waals surface area contributed by atoms with Crippen LogP contribution in [-0.2, 0) is 10.0 Å². The number of benzene rings is 2. The largest absolute Gasteiger partial charge is 0.398 e. The van der Waals surface area contributed by atoms with E-state index in [1.165, 1.54) is 18.2 Å². The van der Waals surface area contributed by atoms with Crippen LogP contribution in [0.5, 0.6) is 0 Å². The smallest absolute Gasteiger partial charge is 0.263 e. The fourth-order valence-corrected chi connectivity index (χ4v) is 3.53. The van der Waals surface area contributed by atoms with Gasteiger partial charge in [-0.05, 0) is 46.3 Å². The highest BCUT2D eigenvalue weighted by Crippen LogP contribution is 2.30. The molecule has 0 saturated carbocycles. The third-order valence-electron chi connectivity index (χ3n) is 2.51. The van der Waals surface area contributed by atoms with Gasteiger partial charge in [-0.15, -0.1) is 0 Å². The second-order valence-corrected chi connectivity index (χ2v) is 7.36. The molecule has 0 aliphatic heterocycles. The molecule has 0 spiro atoms. The minimum atomic E-state index is -3.99. The molecule has 112 valence electrons. The Balaban J connectivity index is 2.43. The van der Waals surface area contributed by atoms with Crippen molar-refractivity contribution in [3.8, 4) is 0 Å². The lowest BCUT2D eigenvalue weighted by Crippen LogP contribution is -2.15. The van der Waals surface area contributed by atoms with Gasteiger partial charge >= 0.3 is 0 Å². The lowest BCUT2D eigenvalue weighted by atomic mass is 10.3. The van der Waals surface area contributed by atoms with Gasteiger partial charge in [0.15, 0.2) is 0 Å². The van der Waals surface area contributed by atoms with Gasteiger partial charge in [0.25, 0.3) is 10.0 Å². The van der Waals surface area contributed by atoms with E-state index >= 15 is 0 Å². The predicted molar refractivity (Wildman–Crippen MR) is 85.8 cm³/mol. The highest BCUT2D eigenvalue weighted by Gasteiger charge is 2.20. The van der Waals surface area contributed by atoms with Gasteiger partial charge in [0.05, 0.1) is 25.9 Å². The van der Waals surface area contributed by atoms with E-state index in [0.717, 1.165) is 12.1 Å². The molecule has 0 heterocycles. The highest BCUT2D eigenvalue weighted by atomic mass is 79.9. The number of hydrogen-bond acceptors (Lipinski definition) is 3. The van der Waals surface area contributed by atoms with Gasteiger partial charge in [0.1, 0.15) is 10.7 Å². The maximum Gasteiger partial charge on any atom is 0.263 e. The number of rotatable bonds is 3. The molecule has 0 aliphatic carbocycles. The van der Waals surface area contributed by atoms with Crippen molar-refractivity contribution in [1.82, 2.24) is 0 Å². The van der Waals surface area contributed by atoms with E-state index in [1.807, 2.05) is 0 Å². The Hall–Kier alpha value is -1.02. The van der Waals surface area contributed by atoms with E-state index in [9.17, 15) is 12.8 Å². The molecule has 0 atom stereocenters. The fraction of sp³-hybridized carbons (Fsp3) is 0. The third-order valence-corrected chi connectivity index (χ3v) is 5.30. The van der Waals surface area contributed by atoms with Crippen molar-refractivity contribution in [1.29, 1.82) is 0 Å². The fourth-order valence-electron chi connectivity index (χ4n) is 1.55. The lowest BCUT2D eigenvalue weighted by molar-refractivity contribution is 0.599. The Morgan fingerprint density at radius 1 is 1.14 bits per heavy atom. The number of nitrogen functional groups attached to an aromatic ring is 1. The van der Waals surface area contributed by atoms with Crippen LogP contribution in [0.1, 0.15) is 0 Å². The topological polar surface area (TPSA) is 72.2 Å². The Morgan fingerprint density at radius 3 is 2.43 bits per heavy atom. The monoisotopic (exact) mass is 412 g/mol. The van der Waals surface area contributed by atoms with Crippen LogP contribution in [0.15, 0.2) is 39.7 Å². The molecule has 2 aromatic rings. The molecule has 2 aromatic carbocycles. The Morgan fingerprint density at radius 2 is 1.81 bits per heavy atom. The zero-order valence-electron chi connectivity index (χ0n) is 10.2. The van der Waals surface area contributed by atoms with Gasteiger partial charge in [-0.2, -0.15) is 0 Å². The lowest BCUT2D eigenvalue weighted by Gasteiger charge is -2.11. The Bertz CT molecular complexity index is 815.